The first-order chi connectivity index (χ1) is 11.6. The van der Waals surface area contributed by atoms with Crippen molar-refractivity contribution in [2.75, 3.05) is 7.11 Å². The lowest BCUT2D eigenvalue weighted by Crippen LogP contribution is -1.96. The molecule has 0 aliphatic heterocycles. The molecule has 0 spiro atoms. The predicted molar refractivity (Wildman–Crippen MR) is 92.1 cm³/mol. The van der Waals surface area contributed by atoms with Gasteiger partial charge in [0.25, 0.3) is 5.89 Å². The minimum atomic E-state index is 0.0502. The summed E-state index contributed by atoms with van der Waals surface area (Å²) in [5, 5.41) is 4.97. The van der Waals surface area contributed by atoms with Gasteiger partial charge in [-0.25, -0.2) is 0 Å². The Balaban J connectivity index is 1.73. The molecule has 0 fully saturated rings. The normalized spacial score (nSPS) is 10.7. The van der Waals surface area contributed by atoms with E-state index in [-0.39, 0.29) is 6.61 Å². The Labute approximate surface area is 153 Å². The van der Waals surface area contributed by atoms with Crippen molar-refractivity contribution >= 4 is 34.8 Å². The minimum Gasteiger partial charge on any atom is -0.497 e. The summed E-state index contributed by atoms with van der Waals surface area (Å²) in [5.41, 5.74) is 0.775. The molecule has 0 amide bonds. The number of methoxy groups -OCH3 is 1. The second kappa shape index (κ2) is 7.30. The van der Waals surface area contributed by atoms with Crippen LogP contribution in [0.2, 0.25) is 15.1 Å². The Kier molecular flexibility index (Phi) is 5.14. The monoisotopic (exact) mass is 384 g/mol. The Morgan fingerprint density at radius 2 is 1.83 bits per heavy atom. The third-order valence-corrected chi connectivity index (χ3v) is 4.14. The number of hydrogen-bond donors (Lipinski definition) is 0. The van der Waals surface area contributed by atoms with Crippen LogP contribution >= 0.6 is 34.8 Å². The minimum absolute atomic E-state index is 0.0502. The molecule has 0 N–H and O–H groups in total. The van der Waals surface area contributed by atoms with E-state index in [0.717, 1.165) is 5.56 Å². The second-order valence-electron chi connectivity index (χ2n) is 4.73. The van der Waals surface area contributed by atoms with E-state index in [4.69, 9.17) is 48.8 Å². The molecule has 0 saturated heterocycles. The van der Waals surface area contributed by atoms with E-state index in [1.165, 1.54) is 12.1 Å². The zero-order chi connectivity index (χ0) is 17.1. The average molecular weight is 386 g/mol. The van der Waals surface area contributed by atoms with Crippen molar-refractivity contribution < 1.29 is 14.0 Å². The van der Waals surface area contributed by atoms with Crippen LogP contribution in [0.25, 0.3) is 11.4 Å². The zero-order valence-corrected chi connectivity index (χ0v) is 14.7. The molecule has 3 rings (SSSR count). The number of ether oxygens (including phenoxy) is 2. The Bertz CT molecular complexity index is 868. The highest BCUT2D eigenvalue weighted by Gasteiger charge is 2.12. The smallest absolute Gasteiger partial charge is 0.264 e. The van der Waals surface area contributed by atoms with Crippen molar-refractivity contribution in [2.24, 2.45) is 0 Å². The maximum atomic E-state index is 6.05. The first-order valence-electron chi connectivity index (χ1n) is 6.81. The van der Waals surface area contributed by atoms with E-state index in [9.17, 15) is 0 Å². The molecule has 0 atom stereocenters. The maximum Gasteiger partial charge on any atom is 0.264 e. The van der Waals surface area contributed by atoms with Crippen LogP contribution in [0.5, 0.6) is 11.5 Å². The summed E-state index contributed by atoms with van der Waals surface area (Å²) in [4.78, 5) is 4.28. The number of halogens is 3. The highest BCUT2D eigenvalue weighted by Crippen LogP contribution is 2.34. The summed E-state index contributed by atoms with van der Waals surface area (Å²) in [6.07, 6.45) is 0. The van der Waals surface area contributed by atoms with Crippen molar-refractivity contribution in [3.63, 3.8) is 0 Å². The number of aromatic nitrogens is 2. The number of nitrogens with zero attached hydrogens (tertiary/aromatic N) is 2. The first kappa shape index (κ1) is 16.9. The van der Waals surface area contributed by atoms with Gasteiger partial charge in [0.15, 0.2) is 6.61 Å². The molecule has 1 aromatic heterocycles. The van der Waals surface area contributed by atoms with Gasteiger partial charge in [0.2, 0.25) is 5.82 Å². The van der Waals surface area contributed by atoms with Crippen LogP contribution < -0.4 is 9.47 Å². The van der Waals surface area contributed by atoms with Crippen molar-refractivity contribution in [3.8, 4) is 22.9 Å². The van der Waals surface area contributed by atoms with Gasteiger partial charge in [0.05, 0.1) is 22.2 Å². The quantitative estimate of drug-likeness (QED) is 0.559. The van der Waals surface area contributed by atoms with E-state index in [1.807, 2.05) is 24.3 Å². The van der Waals surface area contributed by atoms with Gasteiger partial charge in [-0.15, -0.1) is 0 Å². The summed E-state index contributed by atoms with van der Waals surface area (Å²) in [7, 11) is 1.59. The summed E-state index contributed by atoms with van der Waals surface area (Å²) in [6, 6.07) is 10.4. The molecular formula is C16H11Cl3N2O3. The van der Waals surface area contributed by atoms with Gasteiger partial charge < -0.3 is 14.0 Å². The van der Waals surface area contributed by atoms with E-state index in [2.05, 4.69) is 10.1 Å². The lowest BCUT2D eigenvalue weighted by Gasteiger charge is -2.06. The number of hydrogen-bond acceptors (Lipinski definition) is 5. The van der Waals surface area contributed by atoms with Gasteiger partial charge in [-0.05, 0) is 18.2 Å². The Morgan fingerprint density at radius 3 is 2.62 bits per heavy atom. The molecule has 0 radical (unpaired) electrons. The zero-order valence-electron chi connectivity index (χ0n) is 12.4. The molecule has 5 nitrogen and oxygen atoms in total. The topological polar surface area (TPSA) is 57.4 Å². The molecule has 0 saturated carbocycles. The molecule has 24 heavy (non-hydrogen) atoms. The van der Waals surface area contributed by atoms with Gasteiger partial charge >= 0.3 is 0 Å². The van der Waals surface area contributed by atoms with E-state index in [1.54, 1.807) is 7.11 Å². The number of benzene rings is 2. The highest BCUT2D eigenvalue weighted by atomic mass is 35.5. The van der Waals surface area contributed by atoms with Crippen LogP contribution in [0.15, 0.2) is 40.9 Å². The van der Waals surface area contributed by atoms with Crippen molar-refractivity contribution in [3.05, 3.63) is 57.4 Å². The lowest BCUT2D eigenvalue weighted by molar-refractivity contribution is 0.243. The third kappa shape index (κ3) is 3.75. The standard InChI is InChI=1S/C16H11Cl3N2O3/c1-22-10-4-2-3-9(5-10)16-20-15(24-21-16)8-23-14-7-12(18)11(17)6-13(14)19/h2-7H,8H2,1H3. The molecule has 0 unspecified atom stereocenters. The average Bonchev–Trinajstić information content (AvgIpc) is 3.06. The fourth-order valence-corrected chi connectivity index (χ4v) is 2.54. The maximum absolute atomic E-state index is 6.05. The SMILES string of the molecule is COc1cccc(-c2noc(COc3cc(Cl)c(Cl)cc3Cl)n2)c1. The van der Waals surface area contributed by atoms with Gasteiger partial charge in [-0.3, -0.25) is 0 Å². The molecular weight excluding hydrogens is 375 g/mol. The van der Waals surface area contributed by atoms with E-state index < -0.39 is 0 Å². The predicted octanol–water partition coefficient (Wildman–Crippen LogP) is 5.28. The van der Waals surface area contributed by atoms with Gasteiger partial charge in [0.1, 0.15) is 11.5 Å². The van der Waals surface area contributed by atoms with E-state index >= 15 is 0 Å². The van der Waals surface area contributed by atoms with Crippen molar-refractivity contribution in [1.82, 2.24) is 10.1 Å². The highest BCUT2D eigenvalue weighted by molar-refractivity contribution is 6.43. The molecule has 2 aromatic carbocycles. The molecule has 0 aliphatic carbocycles. The summed E-state index contributed by atoms with van der Waals surface area (Å²) >= 11 is 17.9. The van der Waals surface area contributed by atoms with E-state index in [0.29, 0.717) is 38.3 Å². The first-order valence-corrected chi connectivity index (χ1v) is 7.94. The fraction of sp³-hybridized carbons (Fsp3) is 0.125. The second-order valence-corrected chi connectivity index (χ2v) is 5.95. The van der Waals surface area contributed by atoms with Crippen molar-refractivity contribution in [1.29, 1.82) is 0 Å². The molecule has 0 bridgehead atoms. The molecule has 1 heterocycles. The van der Waals surface area contributed by atoms with Gasteiger partial charge in [0, 0.05) is 11.6 Å². The summed E-state index contributed by atoms with van der Waals surface area (Å²) < 4.78 is 15.9. The van der Waals surface area contributed by atoms with Crippen LogP contribution in [0.4, 0.5) is 0 Å². The Hall–Kier alpha value is -1.95. The number of rotatable bonds is 5. The van der Waals surface area contributed by atoms with Gasteiger partial charge in [-0.2, -0.15) is 4.98 Å². The third-order valence-electron chi connectivity index (χ3n) is 3.12. The Morgan fingerprint density at radius 1 is 1.04 bits per heavy atom. The van der Waals surface area contributed by atoms with Crippen LogP contribution in [-0.4, -0.2) is 17.3 Å². The molecule has 0 aliphatic rings. The molecule has 3 aromatic rings. The van der Waals surface area contributed by atoms with Crippen LogP contribution in [0, 0.1) is 0 Å². The summed E-state index contributed by atoms with van der Waals surface area (Å²) in [6.45, 7) is 0.0502. The lowest BCUT2D eigenvalue weighted by atomic mass is 10.2. The fourth-order valence-electron chi connectivity index (χ4n) is 1.95. The largest absolute Gasteiger partial charge is 0.497 e. The van der Waals surface area contributed by atoms with Crippen molar-refractivity contribution in [2.45, 2.75) is 6.61 Å². The molecule has 124 valence electrons. The van der Waals surface area contributed by atoms with Crippen LogP contribution in [-0.2, 0) is 6.61 Å². The van der Waals surface area contributed by atoms with Crippen LogP contribution in [0.3, 0.4) is 0 Å². The molecule has 8 heteroatoms. The summed E-state index contributed by atoms with van der Waals surface area (Å²) in [5.74, 6) is 1.83. The van der Waals surface area contributed by atoms with Gasteiger partial charge in [-0.1, -0.05) is 52.1 Å². The van der Waals surface area contributed by atoms with Crippen LogP contribution in [0.1, 0.15) is 5.89 Å².